The molecular weight excluding hydrogens is 178 g/mol. The van der Waals surface area contributed by atoms with Crippen LogP contribution in [0.2, 0.25) is 0 Å². The highest BCUT2D eigenvalue weighted by Gasteiger charge is 2.37. The van der Waals surface area contributed by atoms with E-state index in [0.29, 0.717) is 0 Å². The van der Waals surface area contributed by atoms with E-state index in [9.17, 15) is 5.26 Å². The van der Waals surface area contributed by atoms with Crippen molar-refractivity contribution >= 4 is 11.8 Å². The van der Waals surface area contributed by atoms with Crippen LogP contribution in [-0.4, -0.2) is 12.0 Å². The minimum atomic E-state index is 0.0453. The van der Waals surface area contributed by atoms with E-state index in [1.165, 1.54) is 12.8 Å². The van der Waals surface area contributed by atoms with Gasteiger partial charge in [-0.3, -0.25) is 0 Å². The third-order valence-corrected chi connectivity index (χ3v) is 3.92. The molecule has 0 aromatic rings. The van der Waals surface area contributed by atoms with Crippen molar-refractivity contribution in [2.24, 2.45) is 11.3 Å². The molecule has 74 valence electrons. The maximum atomic E-state index is 9.20. The first-order chi connectivity index (χ1) is 6.26. The van der Waals surface area contributed by atoms with Crippen LogP contribution in [0.1, 0.15) is 39.0 Å². The second kappa shape index (κ2) is 4.91. The monoisotopic (exact) mass is 197 g/mol. The summed E-state index contributed by atoms with van der Waals surface area (Å²) in [5.74, 6) is 1.96. The molecule has 2 heteroatoms. The highest BCUT2D eigenvalue weighted by Crippen LogP contribution is 2.45. The molecule has 1 aliphatic rings. The second-order valence-electron chi connectivity index (χ2n) is 4.15. The summed E-state index contributed by atoms with van der Waals surface area (Å²) in [5.41, 5.74) is 0.0453. The van der Waals surface area contributed by atoms with E-state index in [1.54, 1.807) is 0 Å². The molecule has 0 heterocycles. The molecule has 0 radical (unpaired) electrons. The molecule has 0 aromatic carbocycles. The first-order valence-corrected chi connectivity index (χ1v) is 6.56. The van der Waals surface area contributed by atoms with Crippen molar-refractivity contribution in [2.75, 3.05) is 12.0 Å². The van der Waals surface area contributed by atoms with Crippen molar-refractivity contribution in [3.63, 3.8) is 0 Å². The molecule has 1 fully saturated rings. The van der Waals surface area contributed by atoms with Crippen LogP contribution in [-0.2, 0) is 0 Å². The van der Waals surface area contributed by atoms with Crippen LogP contribution in [0.15, 0.2) is 0 Å². The maximum absolute atomic E-state index is 9.20. The van der Waals surface area contributed by atoms with Gasteiger partial charge in [-0.2, -0.15) is 17.0 Å². The first-order valence-electron chi connectivity index (χ1n) is 5.16. The van der Waals surface area contributed by atoms with Gasteiger partial charge in [0.1, 0.15) is 0 Å². The Bertz CT molecular complexity index is 197. The molecule has 0 N–H and O–H groups in total. The van der Waals surface area contributed by atoms with Gasteiger partial charge in [0.15, 0.2) is 0 Å². The summed E-state index contributed by atoms with van der Waals surface area (Å²) in [6, 6.07) is 2.56. The fraction of sp³-hybridized carbons (Fsp3) is 0.909. The summed E-state index contributed by atoms with van der Waals surface area (Å²) in [4.78, 5) is 0. The molecule has 1 aliphatic carbocycles. The Kier molecular flexibility index (Phi) is 4.12. The number of hydrogen-bond acceptors (Lipinski definition) is 2. The molecule has 1 rings (SSSR count). The lowest BCUT2D eigenvalue weighted by Gasteiger charge is -2.19. The van der Waals surface area contributed by atoms with Crippen LogP contribution >= 0.6 is 11.8 Å². The van der Waals surface area contributed by atoms with E-state index in [4.69, 9.17) is 0 Å². The zero-order valence-electron chi connectivity index (χ0n) is 8.68. The highest BCUT2D eigenvalue weighted by molar-refractivity contribution is 7.98. The molecule has 0 bridgehead atoms. The summed E-state index contributed by atoms with van der Waals surface area (Å²) in [5, 5.41) is 9.20. The summed E-state index contributed by atoms with van der Waals surface area (Å²) in [6.07, 6.45) is 8.04. The van der Waals surface area contributed by atoms with Gasteiger partial charge in [-0.15, -0.1) is 0 Å². The Hall–Kier alpha value is -0.160. The van der Waals surface area contributed by atoms with E-state index < -0.39 is 0 Å². The number of nitrogens with zero attached hydrogens (tertiary/aromatic N) is 1. The fourth-order valence-electron chi connectivity index (χ4n) is 2.27. The van der Waals surface area contributed by atoms with Crippen molar-refractivity contribution in [3.8, 4) is 6.07 Å². The summed E-state index contributed by atoms with van der Waals surface area (Å²) in [7, 11) is 0. The van der Waals surface area contributed by atoms with Gasteiger partial charge in [-0.1, -0.05) is 13.3 Å². The van der Waals surface area contributed by atoms with Crippen molar-refractivity contribution in [1.29, 1.82) is 5.26 Å². The average molecular weight is 197 g/mol. The van der Waals surface area contributed by atoms with Crippen LogP contribution in [0.25, 0.3) is 0 Å². The minimum absolute atomic E-state index is 0.0453. The van der Waals surface area contributed by atoms with Gasteiger partial charge in [0, 0.05) is 0 Å². The van der Waals surface area contributed by atoms with Crippen molar-refractivity contribution in [3.05, 3.63) is 0 Å². The van der Waals surface area contributed by atoms with Gasteiger partial charge in [-0.05, 0) is 43.6 Å². The Morgan fingerprint density at radius 1 is 1.62 bits per heavy atom. The molecule has 0 aliphatic heterocycles. The number of thioether (sulfide) groups is 1. The number of hydrogen-bond donors (Lipinski definition) is 0. The predicted octanol–water partition coefficient (Wildman–Crippen LogP) is 3.46. The molecule has 0 aromatic heterocycles. The summed E-state index contributed by atoms with van der Waals surface area (Å²) in [6.45, 7) is 2.24. The molecule has 2 atom stereocenters. The Balaban J connectivity index is 2.48. The Morgan fingerprint density at radius 3 is 2.85 bits per heavy atom. The van der Waals surface area contributed by atoms with Crippen LogP contribution in [0.4, 0.5) is 0 Å². The smallest absolute Gasteiger partial charge is 0.0690 e. The largest absolute Gasteiger partial charge is 0.198 e. The fourth-order valence-corrected chi connectivity index (χ4v) is 2.86. The van der Waals surface area contributed by atoms with Gasteiger partial charge < -0.3 is 0 Å². The van der Waals surface area contributed by atoms with E-state index in [1.807, 2.05) is 11.8 Å². The van der Waals surface area contributed by atoms with Gasteiger partial charge >= 0.3 is 0 Å². The molecule has 13 heavy (non-hydrogen) atoms. The first kappa shape index (κ1) is 10.9. The second-order valence-corrected chi connectivity index (χ2v) is 5.14. The Labute approximate surface area is 85.9 Å². The van der Waals surface area contributed by atoms with Gasteiger partial charge in [0.2, 0.25) is 0 Å². The van der Waals surface area contributed by atoms with Gasteiger partial charge in [-0.25, -0.2) is 0 Å². The lowest BCUT2D eigenvalue weighted by Crippen LogP contribution is -2.15. The highest BCUT2D eigenvalue weighted by atomic mass is 32.2. The summed E-state index contributed by atoms with van der Waals surface area (Å²) < 4.78 is 0. The van der Waals surface area contributed by atoms with E-state index >= 15 is 0 Å². The number of rotatable bonds is 4. The van der Waals surface area contributed by atoms with Crippen LogP contribution in [0.5, 0.6) is 0 Å². The zero-order chi connectivity index (χ0) is 9.73. The molecule has 0 saturated heterocycles. The molecule has 1 nitrogen and oxygen atoms in total. The van der Waals surface area contributed by atoms with Crippen LogP contribution in [0.3, 0.4) is 0 Å². The van der Waals surface area contributed by atoms with E-state index in [-0.39, 0.29) is 5.41 Å². The van der Waals surface area contributed by atoms with Gasteiger partial charge in [0.05, 0.1) is 11.5 Å². The molecule has 0 spiro atoms. The van der Waals surface area contributed by atoms with Crippen molar-refractivity contribution < 1.29 is 0 Å². The molecule has 2 unspecified atom stereocenters. The van der Waals surface area contributed by atoms with E-state index in [2.05, 4.69) is 19.2 Å². The SMILES string of the molecule is CCC1CCC(C#N)(CCSC)C1. The molecule has 0 amide bonds. The maximum Gasteiger partial charge on any atom is 0.0690 e. The number of nitriles is 1. The van der Waals surface area contributed by atoms with Gasteiger partial charge in [0.25, 0.3) is 0 Å². The molecule has 1 saturated carbocycles. The standard InChI is InChI=1S/C11H19NS/c1-3-10-4-5-11(8-10,9-12)6-7-13-2/h10H,3-8H2,1-2H3. The quantitative estimate of drug-likeness (QED) is 0.689. The lowest BCUT2D eigenvalue weighted by molar-refractivity contribution is 0.373. The minimum Gasteiger partial charge on any atom is -0.198 e. The van der Waals surface area contributed by atoms with Crippen molar-refractivity contribution in [2.45, 2.75) is 39.0 Å². The average Bonchev–Trinajstić information content (AvgIpc) is 2.59. The normalized spacial score (nSPS) is 33.2. The molecular formula is C11H19NS. The summed E-state index contributed by atoms with van der Waals surface area (Å²) >= 11 is 1.86. The van der Waals surface area contributed by atoms with E-state index in [0.717, 1.165) is 30.9 Å². The lowest BCUT2D eigenvalue weighted by atomic mass is 9.84. The van der Waals surface area contributed by atoms with Crippen LogP contribution in [0, 0.1) is 22.7 Å². The topological polar surface area (TPSA) is 23.8 Å². The van der Waals surface area contributed by atoms with Crippen molar-refractivity contribution in [1.82, 2.24) is 0 Å². The predicted molar refractivity (Wildman–Crippen MR) is 58.7 cm³/mol. The third-order valence-electron chi connectivity index (χ3n) is 3.31. The van der Waals surface area contributed by atoms with Crippen LogP contribution < -0.4 is 0 Å². The zero-order valence-corrected chi connectivity index (χ0v) is 9.49. The third kappa shape index (κ3) is 2.64. The Morgan fingerprint density at radius 2 is 2.38 bits per heavy atom.